The topological polar surface area (TPSA) is 172 Å². The van der Waals surface area contributed by atoms with E-state index in [1.54, 1.807) is 34.6 Å². The Kier molecular flexibility index (Phi) is 21.2. The van der Waals surface area contributed by atoms with Gasteiger partial charge < -0.3 is 30.3 Å². The Morgan fingerprint density at radius 3 is 1.37 bits per heavy atom. The lowest BCUT2D eigenvalue weighted by molar-refractivity contribution is -0.148. The molecule has 67 heavy (non-hydrogen) atoms. The summed E-state index contributed by atoms with van der Waals surface area (Å²) in [4.78, 5) is 58.7. The van der Waals surface area contributed by atoms with Gasteiger partial charge in [-0.3, -0.25) is 19.3 Å². The number of dihydropyridines is 1. The van der Waals surface area contributed by atoms with Crippen molar-refractivity contribution in [1.82, 2.24) is 15.5 Å². The molecule has 358 valence electrons. The molecule has 4 aromatic rings. The van der Waals surface area contributed by atoms with E-state index < -0.39 is 34.7 Å². The molecule has 3 atom stereocenters. The third-order valence-electron chi connectivity index (χ3n) is 12.3. The number of aliphatic carboxylic acids is 2. The second-order valence-corrected chi connectivity index (χ2v) is 17.7. The van der Waals surface area contributed by atoms with Crippen molar-refractivity contribution in [1.29, 1.82) is 0 Å². The van der Waals surface area contributed by atoms with Gasteiger partial charge in [0.2, 0.25) is 0 Å². The van der Waals surface area contributed by atoms with Crippen LogP contribution in [0.25, 0.3) is 0 Å². The largest absolute Gasteiger partial charge is 0.481 e. The Balaban J connectivity index is 0.000000204. The summed E-state index contributed by atoms with van der Waals surface area (Å²) in [6, 6.07) is 42.1. The molecule has 0 unspecified atom stereocenters. The van der Waals surface area contributed by atoms with Gasteiger partial charge in [0.25, 0.3) is 0 Å². The van der Waals surface area contributed by atoms with Crippen molar-refractivity contribution in [2.75, 3.05) is 13.2 Å². The van der Waals surface area contributed by atoms with Crippen LogP contribution in [0, 0.1) is 10.8 Å². The van der Waals surface area contributed by atoms with Crippen molar-refractivity contribution in [2.45, 2.75) is 119 Å². The molecule has 7 rings (SSSR count). The highest BCUT2D eigenvalue weighted by molar-refractivity contribution is 5.96. The lowest BCUT2D eigenvalue weighted by Gasteiger charge is -2.30. The van der Waals surface area contributed by atoms with Crippen LogP contribution in [-0.2, 0) is 59.6 Å². The standard InChI is InChI=1S/C21H25NO2.C14H15N.C13H19NO4.C7H10O3/c1-21(20(23)24)13-12-19(14-21)22(15-17-8-4-2-5-9-17)16-18-10-6-3-7-11-18;1-3-7-13(8-4-1)11-15-12-14-9-5-2-6-10-14;1-5-17-12(15)10-7-11(13(16)18-6-2)9(4)14-8(10)3;1-7(6(9)10)3-2-5(8)4-7/h2-11,19H,12-16H2,1H3,(H,23,24);1-10,15H,11-12H2;14H,5-7H2,1-4H3;2-4H2,1H3,(H,9,10)/t19-,21-;;;7-/m1..1/s1. The summed E-state index contributed by atoms with van der Waals surface area (Å²) >= 11 is 0. The van der Waals surface area contributed by atoms with Crippen LogP contribution in [0.1, 0.15) is 109 Å². The van der Waals surface area contributed by atoms with E-state index >= 15 is 0 Å². The van der Waals surface area contributed by atoms with Gasteiger partial charge in [0.1, 0.15) is 5.78 Å². The maximum absolute atomic E-state index is 11.7. The molecule has 0 radical (unpaired) electrons. The number of Topliss-reactive ketones (excluding diaryl/α,β-unsaturated/α-hetero) is 1. The molecule has 1 heterocycles. The fraction of sp³-hybridized carbons (Fsp3) is 0.400. The molecule has 4 N–H and O–H groups in total. The number of nitrogens with one attached hydrogen (secondary N) is 2. The molecule has 2 aliphatic carbocycles. The maximum atomic E-state index is 11.7. The Morgan fingerprint density at radius 1 is 0.642 bits per heavy atom. The first kappa shape index (κ1) is 53.2. The number of ether oxygens (including phenoxy) is 2. The number of ketones is 1. The van der Waals surface area contributed by atoms with Gasteiger partial charge >= 0.3 is 23.9 Å². The van der Waals surface area contributed by atoms with E-state index in [1.807, 2.05) is 31.2 Å². The molecular formula is C55H69N3O9. The first-order valence-corrected chi connectivity index (χ1v) is 23.2. The SMILES string of the molecule is CCOC(=O)C1=C(C)NC(C)=C(C(=O)OCC)C1.C[C@@]1(C(=O)O)CCC(=O)C1.C[C@@]1(C(=O)O)CC[C@@H](N(Cc2ccccc2)Cc2ccccc2)C1.c1ccc(CNCc2ccccc2)cc1. The van der Waals surface area contributed by atoms with Crippen LogP contribution in [-0.4, -0.2) is 64.0 Å². The molecule has 0 saturated heterocycles. The van der Waals surface area contributed by atoms with Crippen molar-refractivity contribution in [3.05, 3.63) is 166 Å². The van der Waals surface area contributed by atoms with Crippen LogP contribution >= 0.6 is 0 Å². The number of carboxylic acids is 2. The first-order valence-electron chi connectivity index (χ1n) is 23.2. The van der Waals surface area contributed by atoms with E-state index in [9.17, 15) is 29.1 Å². The molecule has 0 spiro atoms. The number of benzene rings is 4. The zero-order valence-electron chi connectivity index (χ0n) is 40.0. The van der Waals surface area contributed by atoms with Crippen LogP contribution in [0.4, 0.5) is 0 Å². The fourth-order valence-electron chi connectivity index (χ4n) is 8.18. The van der Waals surface area contributed by atoms with Crippen molar-refractivity contribution < 1.29 is 43.7 Å². The number of carbonyl (C=O) groups is 5. The highest BCUT2D eigenvalue weighted by Gasteiger charge is 2.43. The van der Waals surface area contributed by atoms with Gasteiger partial charge in [0.15, 0.2) is 0 Å². The fourth-order valence-corrected chi connectivity index (χ4v) is 8.18. The average Bonchev–Trinajstić information content (AvgIpc) is 3.91. The van der Waals surface area contributed by atoms with Gasteiger partial charge in [-0.25, -0.2) is 9.59 Å². The molecule has 4 aromatic carbocycles. The Labute approximate surface area is 396 Å². The van der Waals surface area contributed by atoms with Gasteiger partial charge in [-0.2, -0.15) is 0 Å². The molecule has 0 bridgehead atoms. The second kappa shape index (κ2) is 26.7. The molecule has 0 aromatic heterocycles. The molecule has 3 aliphatic rings. The third-order valence-corrected chi connectivity index (χ3v) is 12.3. The zero-order chi connectivity index (χ0) is 48.8. The monoisotopic (exact) mass is 916 g/mol. The summed E-state index contributed by atoms with van der Waals surface area (Å²) in [6.07, 6.45) is 3.83. The van der Waals surface area contributed by atoms with Gasteiger partial charge in [-0.05, 0) is 89.5 Å². The van der Waals surface area contributed by atoms with Gasteiger partial charge in [0, 0.05) is 62.9 Å². The number of esters is 2. The third kappa shape index (κ3) is 17.1. The number of hydrogen-bond donors (Lipinski definition) is 4. The number of nitrogens with zero attached hydrogens (tertiary/aromatic N) is 1. The van der Waals surface area contributed by atoms with E-state index in [1.165, 1.54) is 22.3 Å². The minimum absolute atomic E-state index is 0.0740. The molecule has 12 nitrogen and oxygen atoms in total. The normalized spacial score (nSPS) is 19.7. The van der Waals surface area contributed by atoms with E-state index in [0.29, 0.717) is 43.2 Å². The highest BCUT2D eigenvalue weighted by atomic mass is 16.5. The smallest absolute Gasteiger partial charge is 0.336 e. The van der Waals surface area contributed by atoms with E-state index in [0.717, 1.165) is 56.8 Å². The molecule has 1 aliphatic heterocycles. The van der Waals surface area contributed by atoms with Crippen LogP contribution in [0.15, 0.2) is 144 Å². The zero-order valence-corrected chi connectivity index (χ0v) is 40.0. The molecular weight excluding hydrogens is 847 g/mol. The summed E-state index contributed by atoms with van der Waals surface area (Å²) < 4.78 is 9.93. The minimum Gasteiger partial charge on any atom is -0.481 e. The molecule has 12 heteroatoms. The first-order chi connectivity index (χ1) is 32.1. The van der Waals surface area contributed by atoms with E-state index in [2.05, 4.69) is 113 Å². The Hall–Kier alpha value is -6.37. The summed E-state index contributed by atoms with van der Waals surface area (Å²) in [5.74, 6) is -2.22. The highest BCUT2D eigenvalue weighted by Crippen LogP contribution is 2.41. The summed E-state index contributed by atoms with van der Waals surface area (Å²) in [6.45, 7) is 14.8. The van der Waals surface area contributed by atoms with Gasteiger partial charge in [-0.1, -0.05) is 121 Å². The van der Waals surface area contributed by atoms with Crippen LogP contribution in [0.2, 0.25) is 0 Å². The van der Waals surface area contributed by atoms with E-state index in [4.69, 9.17) is 14.6 Å². The van der Waals surface area contributed by atoms with E-state index in [-0.39, 0.29) is 18.6 Å². The van der Waals surface area contributed by atoms with Crippen LogP contribution in [0.5, 0.6) is 0 Å². The summed E-state index contributed by atoms with van der Waals surface area (Å²) in [5, 5.41) is 24.6. The number of carboxylic acid groups (broad SMARTS) is 2. The number of rotatable bonds is 15. The minimum atomic E-state index is -0.849. The second-order valence-electron chi connectivity index (χ2n) is 17.7. The quantitative estimate of drug-likeness (QED) is 0.0834. The number of carbonyl (C=O) groups excluding carboxylic acids is 3. The predicted molar refractivity (Wildman–Crippen MR) is 260 cm³/mol. The predicted octanol–water partition coefficient (Wildman–Crippen LogP) is 9.79. The lowest BCUT2D eigenvalue weighted by atomic mass is 9.89. The van der Waals surface area contributed by atoms with Crippen molar-refractivity contribution >= 4 is 29.7 Å². The van der Waals surface area contributed by atoms with Crippen molar-refractivity contribution in [3.8, 4) is 0 Å². The lowest BCUT2D eigenvalue weighted by Crippen LogP contribution is -2.34. The Bertz CT molecular complexity index is 2160. The summed E-state index contributed by atoms with van der Waals surface area (Å²) in [5.41, 5.74) is 6.25. The van der Waals surface area contributed by atoms with Gasteiger partial charge in [0.05, 0.1) is 35.2 Å². The van der Waals surface area contributed by atoms with Crippen molar-refractivity contribution in [3.63, 3.8) is 0 Å². The van der Waals surface area contributed by atoms with Crippen LogP contribution < -0.4 is 10.6 Å². The molecule has 2 saturated carbocycles. The average molecular weight is 916 g/mol. The molecule has 0 amide bonds. The Morgan fingerprint density at radius 2 is 1.04 bits per heavy atom. The number of hydrogen-bond acceptors (Lipinski definition) is 10. The molecule has 2 fully saturated rings. The maximum Gasteiger partial charge on any atom is 0.336 e. The summed E-state index contributed by atoms with van der Waals surface area (Å²) in [7, 11) is 0. The van der Waals surface area contributed by atoms with Crippen molar-refractivity contribution in [2.24, 2.45) is 10.8 Å². The van der Waals surface area contributed by atoms with Gasteiger partial charge in [-0.15, -0.1) is 0 Å². The van der Waals surface area contributed by atoms with Crippen LogP contribution in [0.3, 0.4) is 0 Å². The number of allylic oxidation sites excluding steroid dienone is 2.